The van der Waals surface area contributed by atoms with E-state index < -0.39 is 17.3 Å². The predicted molar refractivity (Wildman–Crippen MR) is 126 cm³/mol. The van der Waals surface area contributed by atoms with E-state index in [-0.39, 0.29) is 34.1 Å². The molecule has 1 aliphatic rings. The summed E-state index contributed by atoms with van der Waals surface area (Å²) in [5.41, 5.74) is 1.96. The molecule has 1 fully saturated rings. The van der Waals surface area contributed by atoms with E-state index in [0.29, 0.717) is 16.9 Å². The molecule has 0 aliphatic heterocycles. The molecule has 1 aliphatic carbocycles. The first-order valence-corrected chi connectivity index (χ1v) is 11.2. The summed E-state index contributed by atoms with van der Waals surface area (Å²) in [6.45, 7) is 3.49. The summed E-state index contributed by atoms with van der Waals surface area (Å²) in [7, 11) is 0. The van der Waals surface area contributed by atoms with Gasteiger partial charge in [0.2, 0.25) is 0 Å². The number of hydrogen-bond acceptors (Lipinski definition) is 3. The molecule has 7 heteroatoms. The number of pyridine rings is 2. The standard InChI is InChI=1S/C27H23F2N3O2/c1-15-11-12-30-14-22(15)32-16(2)23(20-7-4-8-21(29)24(20)27(32)34)26(33)31-25(17-9-10-17)18-5-3-6-19(28)13-18/h3-8,11-14,17,25H,9-10H2,1-2H3,(H,31,33)/t25-/m0/s1. The Morgan fingerprint density at radius 1 is 1.12 bits per heavy atom. The number of carbonyl (C=O) groups excluding carboxylic acids is 1. The second-order valence-electron chi connectivity index (χ2n) is 8.77. The van der Waals surface area contributed by atoms with Crippen LogP contribution in [0, 0.1) is 31.4 Å². The summed E-state index contributed by atoms with van der Waals surface area (Å²) in [6, 6.07) is 11.8. The zero-order chi connectivity index (χ0) is 24.0. The Hall–Kier alpha value is -3.87. The highest BCUT2D eigenvalue weighted by atomic mass is 19.1. The van der Waals surface area contributed by atoms with Crippen molar-refractivity contribution in [3.8, 4) is 5.69 Å². The van der Waals surface area contributed by atoms with E-state index in [1.807, 2.05) is 6.92 Å². The van der Waals surface area contributed by atoms with Crippen molar-refractivity contribution in [3.05, 3.63) is 105 Å². The number of aromatic nitrogens is 2. The topological polar surface area (TPSA) is 64.0 Å². The second kappa shape index (κ2) is 8.48. The lowest BCUT2D eigenvalue weighted by Gasteiger charge is -2.22. The van der Waals surface area contributed by atoms with E-state index in [0.717, 1.165) is 18.4 Å². The van der Waals surface area contributed by atoms with Crippen molar-refractivity contribution >= 4 is 16.7 Å². The highest BCUT2D eigenvalue weighted by molar-refractivity contribution is 6.08. The number of nitrogens with one attached hydrogen (secondary N) is 1. The average Bonchev–Trinajstić information content (AvgIpc) is 3.64. The maximum Gasteiger partial charge on any atom is 0.266 e. The number of carbonyl (C=O) groups is 1. The molecule has 34 heavy (non-hydrogen) atoms. The molecule has 1 atom stereocenters. The SMILES string of the molecule is Cc1ccncc1-n1c(C)c(C(=O)N[C@H](c2cccc(F)c2)C2CC2)c2cccc(F)c2c1=O. The smallest absolute Gasteiger partial charge is 0.266 e. The molecule has 1 amide bonds. The molecule has 0 bridgehead atoms. The molecule has 0 unspecified atom stereocenters. The van der Waals surface area contributed by atoms with Gasteiger partial charge in [-0.2, -0.15) is 0 Å². The third-order valence-corrected chi connectivity index (χ3v) is 6.46. The van der Waals surface area contributed by atoms with Gasteiger partial charge in [-0.25, -0.2) is 8.78 Å². The molecule has 1 saturated carbocycles. The fourth-order valence-corrected chi connectivity index (χ4v) is 4.60. The summed E-state index contributed by atoms with van der Waals surface area (Å²) < 4.78 is 30.2. The Bertz CT molecular complexity index is 1490. The van der Waals surface area contributed by atoms with Crippen LogP contribution in [0.25, 0.3) is 16.5 Å². The maximum atomic E-state index is 14.9. The van der Waals surface area contributed by atoms with Crippen LogP contribution in [-0.2, 0) is 0 Å². The van der Waals surface area contributed by atoms with Crippen molar-refractivity contribution in [3.63, 3.8) is 0 Å². The zero-order valence-electron chi connectivity index (χ0n) is 18.8. The lowest BCUT2D eigenvalue weighted by Crippen LogP contribution is -2.33. The molecule has 0 radical (unpaired) electrons. The number of fused-ring (bicyclic) bond motifs is 1. The molecule has 0 saturated heterocycles. The molecule has 5 nitrogen and oxygen atoms in total. The Balaban J connectivity index is 1.70. The van der Waals surface area contributed by atoms with Gasteiger partial charge in [0.25, 0.3) is 11.5 Å². The Labute approximate surface area is 195 Å². The van der Waals surface area contributed by atoms with E-state index in [2.05, 4.69) is 10.3 Å². The quantitative estimate of drug-likeness (QED) is 0.448. The number of nitrogens with zero attached hydrogens (tertiary/aromatic N) is 2. The second-order valence-corrected chi connectivity index (χ2v) is 8.77. The molecular formula is C27H23F2N3O2. The van der Waals surface area contributed by atoms with Crippen LogP contribution in [0.2, 0.25) is 0 Å². The molecule has 4 aromatic rings. The molecular weight excluding hydrogens is 436 g/mol. The third kappa shape index (κ3) is 3.77. The highest BCUT2D eigenvalue weighted by Gasteiger charge is 2.35. The van der Waals surface area contributed by atoms with Gasteiger partial charge in [0.1, 0.15) is 11.6 Å². The minimum Gasteiger partial charge on any atom is -0.345 e. The van der Waals surface area contributed by atoms with Crippen LogP contribution in [0.3, 0.4) is 0 Å². The minimum absolute atomic E-state index is 0.157. The number of halogens is 2. The van der Waals surface area contributed by atoms with E-state index in [1.165, 1.54) is 35.0 Å². The van der Waals surface area contributed by atoms with E-state index in [1.54, 1.807) is 37.4 Å². The highest BCUT2D eigenvalue weighted by Crippen LogP contribution is 2.41. The molecule has 2 heterocycles. The largest absolute Gasteiger partial charge is 0.345 e. The minimum atomic E-state index is -0.698. The van der Waals surface area contributed by atoms with Crippen LogP contribution < -0.4 is 10.9 Å². The Kier molecular flexibility index (Phi) is 5.48. The van der Waals surface area contributed by atoms with Crippen molar-refractivity contribution in [2.24, 2.45) is 5.92 Å². The summed E-state index contributed by atoms with van der Waals surface area (Å²) in [5.74, 6) is -1.32. The van der Waals surface area contributed by atoms with Crippen molar-refractivity contribution < 1.29 is 13.6 Å². The first kappa shape index (κ1) is 21.9. The van der Waals surface area contributed by atoms with Crippen LogP contribution >= 0.6 is 0 Å². The van der Waals surface area contributed by atoms with Crippen LogP contribution in [0.5, 0.6) is 0 Å². The monoisotopic (exact) mass is 459 g/mol. The zero-order valence-corrected chi connectivity index (χ0v) is 18.8. The third-order valence-electron chi connectivity index (χ3n) is 6.46. The molecule has 5 rings (SSSR count). The predicted octanol–water partition coefficient (Wildman–Crippen LogP) is 5.16. The summed E-state index contributed by atoms with van der Waals surface area (Å²) in [4.78, 5) is 31.3. The van der Waals surface area contributed by atoms with E-state index in [4.69, 9.17) is 0 Å². The number of rotatable bonds is 5. The Morgan fingerprint density at radius 2 is 1.88 bits per heavy atom. The van der Waals surface area contributed by atoms with E-state index >= 15 is 0 Å². The van der Waals surface area contributed by atoms with Gasteiger partial charge in [-0.05, 0) is 68.0 Å². The molecule has 172 valence electrons. The van der Waals surface area contributed by atoms with Crippen molar-refractivity contribution in [1.82, 2.24) is 14.9 Å². The fourth-order valence-electron chi connectivity index (χ4n) is 4.60. The molecule has 2 aromatic heterocycles. The molecule has 1 N–H and O–H groups in total. The normalized spacial score (nSPS) is 14.2. The maximum absolute atomic E-state index is 14.9. The summed E-state index contributed by atoms with van der Waals surface area (Å²) in [6.07, 6.45) is 4.97. The fraction of sp³-hybridized carbons (Fsp3) is 0.222. The summed E-state index contributed by atoms with van der Waals surface area (Å²) >= 11 is 0. The number of hydrogen-bond donors (Lipinski definition) is 1. The Morgan fingerprint density at radius 3 is 2.59 bits per heavy atom. The van der Waals surface area contributed by atoms with Crippen LogP contribution in [0.1, 0.15) is 46.1 Å². The van der Waals surface area contributed by atoms with Gasteiger partial charge < -0.3 is 5.32 Å². The molecule has 2 aromatic carbocycles. The number of benzene rings is 2. The van der Waals surface area contributed by atoms with Crippen LogP contribution in [0.4, 0.5) is 8.78 Å². The first-order chi connectivity index (χ1) is 16.4. The molecule has 0 spiro atoms. The van der Waals surface area contributed by atoms with Crippen LogP contribution in [0.15, 0.2) is 65.7 Å². The van der Waals surface area contributed by atoms with Gasteiger partial charge in [-0.1, -0.05) is 24.3 Å². The van der Waals surface area contributed by atoms with E-state index in [9.17, 15) is 18.4 Å². The van der Waals surface area contributed by atoms with Gasteiger partial charge in [-0.15, -0.1) is 0 Å². The first-order valence-electron chi connectivity index (χ1n) is 11.2. The van der Waals surface area contributed by atoms with Gasteiger partial charge >= 0.3 is 0 Å². The number of amides is 1. The van der Waals surface area contributed by atoms with Crippen LogP contribution in [-0.4, -0.2) is 15.5 Å². The van der Waals surface area contributed by atoms with Crippen molar-refractivity contribution in [2.75, 3.05) is 0 Å². The lowest BCUT2D eigenvalue weighted by atomic mass is 9.99. The van der Waals surface area contributed by atoms with Gasteiger partial charge in [-0.3, -0.25) is 19.1 Å². The summed E-state index contributed by atoms with van der Waals surface area (Å²) in [5, 5.41) is 3.13. The van der Waals surface area contributed by atoms with Crippen molar-refractivity contribution in [2.45, 2.75) is 32.7 Å². The average molecular weight is 459 g/mol. The van der Waals surface area contributed by atoms with Crippen molar-refractivity contribution in [1.29, 1.82) is 0 Å². The number of aryl methyl sites for hydroxylation is 1. The lowest BCUT2D eigenvalue weighted by molar-refractivity contribution is 0.0932. The van der Waals surface area contributed by atoms with Gasteiger partial charge in [0.15, 0.2) is 0 Å². The van der Waals surface area contributed by atoms with Gasteiger partial charge in [0.05, 0.1) is 28.9 Å². The van der Waals surface area contributed by atoms with Gasteiger partial charge in [0, 0.05) is 17.3 Å².